The van der Waals surface area contributed by atoms with Crippen LogP contribution in [0.3, 0.4) is 0 Å². The lowest BCUT2D eigenvalue weighted by molar-refractivity contribution is -0.150. The Morgan fingerprint density at radius 1 is 1.45 bits per heavy atom. The van der Waals surface area contributed by atoms with Crippen molar-refractivity contribution in [3.63, 3.8) is 0 Å². The summed E-state index contributed by atoms with van der Waals surface area (Å²) < 4.78 is 0. The molecule has 1 N–H and O–H groups in total. The van der Waals surface area contributed by atoms with Crippen molar-refractivity contribution in [2.45, 2.75) is 38.4 Å². The summed E-state index contributed by atoms with van der Waals surface area (Å²) in [6.07, 6.45) is 5.20. The summed E-state index contributed by atoms with van der Waals surface area (Å²) >= 11 is 6.11. The molecule has 2 aliphatic rings. The molecule has 1 aliphatic heterocycles. The van der Waals surface area contributed by atoms with Crippen molar-refractivity contribution < 1.29 is 9.59 Å². The number of carbonyl (C=O) groups is 2. The minimum atomic E-state index is -0.474. The fourth-order valence-corrected chi connectivity index (χ4v) is 2.84. The zero-order valence-corrected chi connectivity index (χ0v) is 11.9. The molecule has 0 bridgehead atoms. The van der Waals surface area contributed by atoms with Gasteiger partial charge in [0, 0.05) is 18.9 Å². The Morgan fingerprint density at radius 3 is 2.85 bits per heavy atom. The lowest BCUT2D eigenvalue weighted by Gasteiger charge is -2.38. The van der Waals surface area contributed by atoms with Gasteiger partial charge in [0.2, 0.25) is 11.8 Å². The fraction of sp³-hybridized carbons (Fsp3) is 0.500. The molecule has 5 nitrogen and oxygen atoms in total. The quantitative estimate of drug-likeness (QED) is 0.915. The molecule has 0 aromatic carbocycles. The first-order chi connectivity index (χ1) is 9.58. The molecule has 0 spiro atoms. The summed E-state index contributed by atoms with van der Waals surface area (Å²) in [4.78, 5) is 30.2. The van der Waals surface area contributed by atoms with Crippen molar-refractivity contribution in [2.24, 2.45) is 5.92 Å². The van der Waals surface area contributed by atoms with E-state index in [1.54, 1.807) is 30.3 Å². The molecule has 3 rings (SSSR count). The van der Waals surface area contributed by atoms with Crippen molar-refractivity contribution in [3.05, 3.63) is 29.0 Å². The highest BCUT2D eigenvalue weighted by Gasteiger charge is 2.46. The Balaban J connectivity index is 1.88. The van der Waals surface area contributed by atoms with Gasteiger partial charge in [0.15, 0.2) is 0 Å². The number of carbonyl (C=O) groups excluding carboxylic acids is 2. The summed E-state index contributed by atoms with van der Waals surface area (Å²) in [5.74, 6) is 0.186. The number of rotatable bonds is 3. The van der Waals surface area contributed by atoms with E-state index in [1.807, 2.05) is 0 Å². The number of nitrogens with one attached hydrogen (secondary N) is 1. The summed E-state index contributed by atoms with van der Waals surface area (Å²) in [6, 6.07) is 0.956. The van der Waals surface area contributed by atoms with E-state index in [1.165, 1.54) is 0 Å². The highest BCUT2D eigenvalue weighted by Crippen LogP contribution is 2.37. The van der Waals surface area contributed by atoms with E-state index in [9.17, 15) is 9.59 Å². The van der Waals surface area contributed by atoms with Crippen LogP contribution >= 0.6 is 11.6 Å². The maximum atomic E-state index is 12.4. The summed E-state index contributed by atoms with van der Waals surface area (Å²) in [6.45, 7) is 2.07. The average Bonchev–Trinajstić information content (AvgIpc) is 3.22. The van der Waals surface area contributed by atoms with Gasteiger partial charge in [-0.05, 0) is 37.3 Å². The molecule has 106 valence electrons. The Bertz CT molecular complexity index is 559. The molecule has 2 atom stereocenters. The average molecular weight is 294 g/mol. The number of piperazine rings is 1. The molecule has 2 unspecified atom stereocenters. The zero-order chi connectivity index (χ0) is 14.3. The molecular weight excluding hydrogens is 278 g/mol. The third kappa shape index (κ3) is 2.38. The van der Waals surface area contributed by atoms with Crippen LogP contribution in [0.1, 0.15) is 25.3 Å². The van der Waals surface area contributed by atoms with Gasteiger partial charge < -0.3 is 10.2 Å². The molecule has 1 saturated carbocycles. The van der Waals surface area contributed by atoms with Crippen LogP contribution in [-0.2, 0) is 16.1 Å². The molecule has 2 amide bonds. The summed E-state index contributed by atoms with van der Waals surface area (Å²) in [5, 5.41) is 3.28. The van der Waals surface area contributed by atoms with E-state index in [0.717, 1.165) is 18.4 Å². The normalized spacial score (nSPS) is 26.6. The molecule has 0 radical (unpaired) electrons. The first-order valence-corrected chi connectivity index (χ1v) is 7.15. The number of amides is 2. The monoisotopic (exact) mass is 293 g/mol. The number of hydrogen-bond donors (Lipinski definition) is 1. The van der Waals surface area contributed by atoms with Gasteiger partial charge in [-0.3, -0.25) is 14.6 Å². The number of aromatic nitrogens is 1. The third-order valence-corrected chi connectivity index (χ3v) is 4.22. The zero-order valence-electron chi connectivity index (χ0n) is 11.2. The van der Waals surface area contributed by atoms with Gasteiger partial charge in [0.1, 0.15) is 12.1 Å². The van der Waals surface area contributed by atoms with Crippen LogP contribution in [0.5, 0.6) is 0 Å². The van der Waals surface area contributed by atoms with Crippen LogP contribution in [-0.4, -0.2) is 33.8 Å². The van der Waals surface area contributed by atoms with Crippen molar-refractivity contribution in [1.82, 2.24) is 15.2 Å². The maximum absolute atomic E-state index is 12.4. The van der Waals surface area contributed by atoms with E-state index in [-0.39, 0.29) is 23.8 Å². The van der Waals surface area contributed by atoms with Crippen molar-refractivity contribution in [2.75, 3.05) is 0 Å². The molecule has 1 aromatic rings. The van der Waals surface area contributed by atoms with Gasteiger partial charge >= 0.3 is 0 Å². The van der Waals surface area contributed by atoms with Crippen molar-refractivity contribution in [1.29, 1.82) is 0 Å². The van der Waals surface area contributed by atoms with Gasteiger partial charge in [-0.2, -0.15) is 0 Å². The predicted octanol–water partition coefficient (Wildman–Crippen LogP) is 1.36. The van der Waals surface area contributed by atoms with E-state index < -0.39 is 6.04 Å². The van der Waals surface area contributed by atoms with Crippen molar-refractivity contribution >= 4 is 23.4 Å². The molecule has 1 aliphatic carbocycles. The molecule has 1 saturated heterocycles. The Hall–Kier alpha value is -1.62. The largest absolute Gasteiger partial charge is 0.343 e. The lowest BCUT2D eigenvalue weighted by Crippen LogP contribution is -2.62. The maximum Gasteiger partial charge on any atom is 0.245 e. The first-order valence-electron chi connectivity index (χ1n) is 6.77. The van der Waals surface area contributed by atoms with E-state index in [2.05, 4.69) is 10.3 Å². The third-order valence-electron chi connectivity index (χ3n) is 3.88. The van der Waals surface area contributed by atoms with Crippen LogP contribution in [0.15, 0.2) is 18.5 Å². The van der Waals surface area contributed by atoms with E-state index >= 15 is 0 Å². The minimum Gasteiger partial charge on any atom is -0.343 e. The second kappa shape index (κ2) is 5.05. The Morgan fingerprint density at radius 2 is 2.20 bits per heavy atom. The standard InChI is InChI=1S/C14H16ClN3O2/c1-8-14(20)18(7-10-4-5-16-6-11(10)15)12(9-2-3-9)13(19)17-8/h4-6,8-9,12H,2-3,7H2,1H3,(H,17,19). The second-order valence-corrected chi connectivity index (χ2v) is 5.85. The SMILES string of the molecule is CC1NC(=O)C(C2CC2)N(Cc2ccncc2Cl)C1=O. The summed E-state index contributed by atoms with van der Waals surface area (Å²) in [5.41, 5.74) is 0.822. The molecular formula is C14H16ClN3O2. The number of halogens is 1. The number of nitrogens with zero attached hydrogens (tertiary/aromatic N) is 2. The molecule has 2 heterocycles. The Kier molecular flexibility index (Phi) is 3.38. The topological polar surface area (TPSA) is 62.3 Å². The molecule has 1 aromatic heterocycles. The van der Waals surface area contributed by atoms with Crippen LogP contribution < -0.4 is 5.32 Å². The molecule has 20 heavy (non-hydrogen) atoms. The number of hydrogen-bond acceptors (Lipinski definition) is 3. The first kappa shape index (κ1) is 13.4. The molecule has 2 fully saturated rings. The smallest absolute Gasteiger partial charge is 0.245 e. The summed E-state index contributed by atoms with van der Waals surface area (Å²) in [7, 11) is 0. The van der Waals surface area contributed by atoms with Crippen LogP contribution in [0.2, 0.25) is 5.02 Å². The predicted molar refractivity (Wildman–Crippen MR) is 73.9 cm³/mol. The van der Waals surface area contributed by atoms with Gasteiger partial charge in [-0.25, -0.2) is 0 Å². The number of pyridine rings is 1. The highest BCUT2D eigenvalue weighted by molar-refractivity contribution is 6.31. The van der Waals surface area contributed by atoms with E-state index in [0.29, 0.717) is 11.6 Å². The van der Waals surface area contributed by atoms with Crippen LogP contribution in [0.25, 0.3) is 0 Å². The highest BCUT2D eigenvalue weighted by atomic mass is 35.5. The molecule has 6 heteroatoms. The van der Waals surface area contributed by atoms with Crippen molar-refractivity contribution in [3.8, 4) is 0 Å². The second-order valence-electron chi connectivity index (χ2n) is 5.45. The van der Waals surface area contributed by atoms with E-state index in [4.69, 9.17) is 11.6 Å². The van der Waals surface area contributed by atoms with Gasteiger partial charge in [0.05, 0.1) is 5.02 Å². The van der Waals surface area contributed by atoms with Crippen LogP contribution in [0, 0.1) is 5.92 Å². The Labute approximate surface area is 122 Å². The van der Waals surface area contributed by atoms with Gasteiger partial charge in [-0.1, -0.05) is 11.6 Å². The lowest BCUT2D eigenvalue weighted by atomic mass is 10.0. The minimum absolute atomic E-state index is 0.0469. The van der Waals surface area contributed by atoms with Crippen LogP contribution in [0.4, 0.5) is 0 Å². The van der Waals surface area contributed by atoms with Gasteiger partial charge in [0.25, 0.3) is 0 Å². The fourth-order valence-electron chi connectivity index (χ4n) is 2.66. The van der Waals surface area contributed by atoms with Gasteiger partial charge in [-0.15, -0.1) is 0 Å².